The molecule has 5 nitrogen and oxygen atoms in total. The molecule has 18 heavy (non-hydrogen) atoms. The van der Waals surface area contributed by atoms with Crippen LogP contribution in [0.1, 0.15) is 31.9 Å². The molecule has 0 atom stereocenters. The van der Waals surface area contributed by atoms with E-state index in [1.54, 1.807) is 13.3 Å². The number of nitrogens with zero attached hydrogens (tertiary/aromatic N) is 3. The highest BCUT2D eigenvalue weighted by Gasteiger charge is 2.09. The van der Waals surface area contributed by atoms with Crippen LogP contribution in [0, 0.1) is 0 Å². The van der Waals surface area contributed by atoms with Gasteiger partial charge in [0.2, 0.25) is 0 Å². The number of methoxy groups -OCH3 is 1. The van der Waals surface area contributed by atoms with Gasteiger partial charge in [0.05, 0.1) is 5.69 Å². The quantitative estimate of drug-likeness (QED) is 0.797. The van der Waals surface area contributed by atoms with Crippen LogP contribution in [-0.2, 0) is 4.74 Å². The maximum Gasteiger partial charge on any atom is 0.152 e. The maximum absolute atomic E-state index is 5.02. The molecule has 0 aromatic carbocycles. The van der Waals surface area contributed by atoms with Crippen molar-refractivity contribution >= 4 is 11.3 Å². The second-order valence-electron chi connectivity index (χ2n) is 4.60. The standard InChI is InChI=1S/C13H20N4O/c1-10(2)11-9-12-13(14-5-4-8-18-3)15-6-7-17(12)16-11/h6-7,9-10H,4-5,8H2,1-3H3,(H,14,15). The van der Waals surface area contributed by atoms with Gasteiger partial charge in [-0.15, -0.1) is 0 Å². The van der Waals surface area contributed by atoms with Crippen molar-refractivity contribution in [1.82, 2.24) is 14.6 Å². The Morgan fingerprint density at radius 1 is 1.44 bits per heavy atom. The zero-order chi connectivity index (χ0) is 13.0. The predicted molar refractivity (Wildman–Crippen MR) is 72.1 cm³/mol. The molecule has 2 heterocycles. The minimum Gasteiger partial charge on any atom is -0.385 e. The first kappa shape index (κ1) is 12.8. The summed E-state index contributed by atoms with van der Waals surface area (Å²) in [7, 11) is 1.71. The number of fused-ring (bicyclic) bond motifs is 1. The number of aromatic nitrogens is 3. The van der Waals surface area contributed by atoms with Crippen LogP contribution in [-0.4, -0.2) is 34.9 Å². The van der Waals surface area contributed by atoms with Crippen LogP contribution in [0.4, 0.5) is 5.82 Å². The van der Waals surface area contributed by atoms with E-state index in [-0.39, 0.29) is 0 Å². The monoisotopic (exact) mass is 248 g/mol. The molecule has 0 fully saturated rings. The summed E-state index contributed by atoms with van der Waals surface area (Å²) < 4.78 is 6.90. The van der Waals surface area contributed by atoms with Gasteiger partial charge < -0.3 is 10.1 Å². The van der Waals surface area contributed by atoms with Gasteiger partial charge in [-0.25, -0.2) is 9.50 Å². The molecule has 2 aromatic heterocycles. The summed E-state index contributed by atoms with van der Waals surface area (Å²) >= 11 is 0. The van der Waals surface area contributed by atoms with Crippen molar-refractivity contribution in [2.45, 2.75) is 26.2 Å². The fourth-order valence-electron chi connectivity index (χ4n) is 1.78. The molecule has 0 amide bonds. The van der Waals surface area contributed by atoms with Gasteiger partial charge in [-0.3, -0.25) is 0 Å². The smallest absolute Gasteiger partial charge is 0.152 e. The summed E-state index contributed by atoms with van der Waals surface area (Å²) in [5.41, 5.74) is 2.11. The van der Waals surface area contributed by atoms with Crippen LogP contribution >= 0.6 is 0 Å². The van der Waals surface area contributed by atoms with E-state index in [0.29, 0.717) is 5.92 Å². The highest BCUT2D eigenvalue weighted by atomic mass is 16.5. The Labute approximate surface area is 107 Å². The van der Waals surface area contributed by atoms with Gasteiger partial charge in [-0.05, 0) is 18.4 Å². The van der Waals surface area contributed by atoms with E-state index in [2.05, 4.69) is 35.3 Å². The fourth-order valence-corrected chi connectivity index (χ4v) is 1.78. The van der Waals surface area contributed by atoms with Gasteiger partial charge in [0.25, 0.3) is 0 Å². The first-order valence-electron chi connectivity index (χ1n) is 6.29. The summed E-state index contributed by atoms with van der Waals surface area (Å²) in [6.07, 6.45) is 4.61. The van der Waals surface area contributed by atoms with Crippen LogP contribution < -0.4 is 5.32 Å². The summed E-state index contributed by atoms with van der Waals surface area (Å²) in [4.78, 5) is 4.36. The first-order chi connectivity index (χ1) is 8.72. The Morgan fingerprint density at radius 2 is 2.28 bits per heavy atom. The van der Waals surface area contributed by atoms with E-state index >= 15 is 0 Å². The zero-order valence-electron chi connectivity index (χ0n) is 11.2. The van der Waals surface area contributed by atoms with Crippen molar-refractivity contribution in [1.29, 1.82) is 0 Å². The van der Waals surface area contributed by atoms with Crippen molar-refractivity contribution in [2.24, 2.45) is 0 Å². The Hall–Kier alpha value is -1.62. The largest absolute Gasteiger partial charge is 0.385 e. The molecule has 0 radical (unpaired) electrons. The number of rotatable bonds is 6. The number of anilines is 1. The molecule has 0 saturated carbocycles. The van der Waals surface area contributed by atoms with Crippen molar-refractivity contribution in [2.75, 3.05) is 25.6 Å². The number of ether oxygens (including phenoxy) is 1. The average Bonchev–Trinajstić information content (AvgIpc) is 2.79. The van der Waals surface area contributed by atoms with Gasteiger partial charge in [-0.2, -0.15) is 5.10 Å². The Kier molecular flexibility index (Phi) is 4.15. The highest BCUT2D eigenvalue weighted by Crippen LogP contribution is 2.19. The third kappa shape index (κ3) is 2.79. The van der Waals surface area contributed by atoms with Crippen LogP contribution in [0.5, 0.6) is 0 Å². The molecule has 0 aliphatic rings. The van der Waals surface area contributed by atoms with Crippen LogP contribution in [0.2, 0.25) is 0 Å². The molecular weight excluding hydrogens is 228 g/mol. The second-order valence-corrected chi connectivity index (χ2v) is 4.60. The van der Waals surface area contributed by atoms with Gasteiger partial charge >= 0.3 is 0 Å². The minimum atomic E-state index is 0.422. The lowest BCUT2D eigenvalue weighted by atomic mass is 10.1. The molecule has 0 aliphatic carbocycles. The predicted octanol–water partition coefficient (Wildman–Crippen LogP) is 2.30. The SMILES string of the molecule is COCCCNc1nccn2nc(C(C)C)cc12. The van der Waals surface area contributed by atoms with E-state index < -0.39 is 0 Å². The molecule has 0 aliphatic heterocycles. The Morgan fingerprint density at radius 3 is 3.00 bits per heavy atom. The number of hydrogen-bond donors (Lipinski definition) is 1. The van der Waals surface area contributed by atoms with E-state index in [1.807, 2.05) is 10.7 Å². The molecule has 0 saturated heterocycles. The van der Waals surface area contributed by atoms with Crippen LogP contribution in [0.25, 0.3) is 5.52 Å². The lowest BCUT2D eigenvalue weighted by molar-refractivity contribution is 0.198. The molecule has 98 valence electrons. The first-order valence-corrected chi connectivity index (χ1v) is 6.29. The lowest BCUT2D eigenvalue weighted by Gasteiger charge is -2.05. The molecule has 0 spiro atoms. The van der Waals surface area contributed by atoms with E-state index in [4.69, 9.17) is 4.74 Å². The average molecular weight is 248 g/mol. The van der Waals surface area contributed by atoms with Gasteiger partial charge in [0.15, 0.2) is 5.82 Å². The Balaban J connectivity index is 2.16. The van der Waals surface area contributed by atoms with Crippen LogP contribution in [0.3, 0.4) is 0 Å². The minimum absolute atomic E-state index is 0.422. The molecule has 0 unspecified atom stereocenters. The normalized spacial score (nSPS) is 11.3. The molecule has 1 N–H and O–H groups in total. The topological polar surface area (TPSA) is 51.5 Å². The highest BCUT2D eigenvalue weighted by molar-refractivity contribution is 5.67. The summed E-state index contributed by atoms with van der Waals surface area (Å²) in [6.45, 7) is 5.89. The number of nitrogens with one attached hydrogen (secondary N) is 1. The van der Waals surface area contributed by atoms with Gasteiger partial charge in [0.1, 0.15) is 5.52 Å². The lowest BCUT2D eigenvalue weighted by Crippen LogP contribution is -2.07. The van der Waals surface area contributed by atoms with Crippen molar-refractivity contribution < 1.29 is 4.74 Å². The third-order valence-electron chi connectivity index (χ3n) is 2.82. The van der Waals surface area contributed by atoms with Gasteiger partial charge in [0, 0.05) is 32.7 Å². The summed E-state index contributed by atoms with van der Waals surface area (Å²) in [5.74, 6) is 1.30. The van der Waals surface area contributed by atoms with Crippen molar-refractivity contribution in [3.05, 3.63) is 24.2 Å². The summed E-state index contributed by atoms with van der Waals surface area (Å²) in [5, 5.41) is 7.85. The van der Waals surface area contributed by atoms with Crippen molar-refractivity contribution in [3.8, 4) is 0 Å². The number of hydrogen-bond acceptors (Lipinski definition) is 4. The fraction of sp³-hybridized carbons (Fsp3) is 0.538. The zero-order valence-corrected chi connectivity index (χ0v) is 11.2. The molecular formula is C13H20N4O. The van der Waals surface area contributed by atoms with E-state index in [9.17, 15) is 0 Å². The molecule has 0 bridgehead atoms. The summed E-state index contributed by atoms with van der Waals surface area (Å²) in [6, 6.07) is 2.09. The van der Waals surface area contributed by atoms with E-state index in [0.717, 1.165) is 36.6 Å². The molecule has 2 aromatic rings. The van der Waals surface area contributed by atoms with E-state index in [1.165, 1.54) is 0 Å². The molecule has 5 heteroatoms. The van der Waals surface area contributed by atoms with Crippen molar-refractivity contribution in [3.63, 3.8) is 0 Å². The maximum atomic E-state index is 5.02. The Bertz CT molecular complexity index is 507. The second kappa shape index (κ2) is 5.82. The third-order valence-corrected chi connectivity index (χ3v) is 2.82. The van der Waals surface area contributed by atoms with Gasteiger partial charge in [-0.1, -0.05) is 13.8 Å². The molecule has 2 rings (SSSR count). The van der Waals surface area contributed by atoms with Crippen LogP contribution in [0.15, 0.2) is 18.5 Å².